The summed E-state index contributed by atoms with van der Waals surface area (Å²) in [6.07, 6.45) is 0.0933. The first-order chi connectivity index (χ1) is 17.4. The van der Waals surface area contributed by atoms with Gasteiger partial charge in [-0.15, -0.1) is 0 Å². The zero-order valence-corrected chi connectivity index (χ0v) is 20.9. The molecule has 4 N–H and O–H groups in total. The molecule has 0 heterocycles. The van der Waals surface area contributed by atoms with Gasteiger partial charge in [0.05, 0.1) is 17.5 Å². The Labute approximate surface area is 211 Å². The average molecular weight is 505 g/mol. The molecule has 4 rings (SSSR count). The van der Waals surface area contributed by atoms with Crippen LogP contribution in [0.3, 0.4) is 0 Å². The molecule has 36 heavy (non-hydrogen) atoms. The first-order valence-corrected chi connectivity index (χ1v) is 13.3. The second-order valence-electron chi connectivity index (χ2n) is 8.06. The highest BCUT2D eigenvalue weighted by Crippen LogP contribution is 2.51. The zero-order valence-electron chi connectivity index (χ0n) is 20.0. The van der Waals surface area contributed by atoms with E-state index in [1.807, 2.05) is 60.7 Å². The number of nitrogens with two attached hydrogens (primary N) is 2. The summed E-state index contributed by atoms with van der Waals surface area (Å²) in [5, 5.41) is 0. The Morgan fingerprint density at radius 1 is 0.639 bits per heavy atom. The van der Waals surface area contributed by atoms with Gasteiger partial charge in [-0.05, 0) is 35.4 Å². The lowest BCUT2D eigenvalue weighted by atomic mass is 10.2. The number of ether oxygens (including phenoxy) is 2. The summed E-state index contributed by atoms with van der Waals surface area (Å²) in [7, 11) is -3.66. The van der Waals surface area contributed by atoms with Crippen molar-refractivity contribution in [2.45, 2.75) is 20.1 Å². The fourth-order valence-electron chi connectivity index (χ4n) is 3.30. The van der Waals surface area contributed by atoms with Crippen LogP contribution in [0.1, 0.15) is 18.1 Å². The van der Waals surface area contributed by atoms with Crippen molar-refractivity contribution in [3.63, 3.8) is 0 Å². The molecule has 186 valence electrons. The van der Waals surface area contributed by atoms with Crippen molar-refractivity contribution < 1.29 is 23.1 Å². The van der Waals surface area contributed by atoms with Crippen LogP contribution in [-0.2, 0) is 17.8 Å². The monoisotopic (exact) mass is 504 g/mol. The van der Waals surface area contributed by atoms with E-state index in [2.05, 4.69) is 0 Å². The Bertz CT molecular complexity index is 1230. The van der Waals surface area contributed by atoms with Crippen LogP contribution in [0.2, 0.25) is 0 Å². The first-order valence-electron chi connectivity index (χ1n) is 11.5. The Morgan fingerprint density at radius 3 is 1.44 bits per heavy atom. The molecule has 0 radical (unpaired) electrons. The predicted molar refractivity (Wildman–Crippen MR) is 143 cm³/mol. The van der Waals surface area contributed by atoms with Crippen LogP contribution in [0, 0.1) is 0 Å². The van der Waals surface area contributed by atoms with Gasteiger partial charge in [0, 0.05) is 12.1 Å². The van der Waals surface area contributed by atoms with Crippen molar-refractivity contribution in [3.05, 3.63) is 108 Å². The maximum atomic E-state index is 13.6. The molecule has 0 fully saturated rings. The molecule has 0 aliphatic carbocycles. The Morgan fingerprint density at radius 2 is 1.06 bits per heavy atom. The third-order valence-electron chi connectivity index (χ3n) is 5.33. The first kappa shape index (κ1) is 25.0. The van der Waals surface area contributed by atoms with E-state index in [1.165, 1.54) is 0 Å². The number of nitrogen functional groups attached to an aromatic ring is 2. The number of anilines is 2. The van der Waals surface area contributed by atoms with Gasteiger partial charge >= 0.3 is 7.60 Å². The highest BCUT2D eigenvalue weighted by Gasteiger charge is 2.28. The van der Waals surface area contributed by atoms with E-state index < -0.39 is 7.60 Å². The van der Waals surface area contributed by atoms with Gasteiger partial charge in [0.2, 0.25) is 0 Å². The molecule has 0 aliphatic rings. The topological polar surface area (TPSA) is 106 Å². The van der Waals surface area contributed by atoms with E-state index in [9.17, 15) is 4.57 Å². The van der Waals surface area contributed by atoms with Crippen LogP contribution in [0.4, 0.5) is 11.4 Å². The van der Waals surface area contributed by atoms with Gasteiger partial charge in [0.1, 0.15) is 24.7 Å². The van der Waals surface area contributed by atoms with Crippen LogP contribution < -0.4 is 30.0 Å². The van der Waals surface area contributed by atoms with Gasteiger partial charge < -0.3 is 30.0 Å². The van der Waals surface area contributed by atoms with Crippen molar-refractivity contribution in [3.8, 4) is 23.0 Å². The minimum absolute atomic E-state index is 0.0933. The SMILES string of the molecule is CCP(=O)(Oc1cc(OCc2ccccc2)ccc1N)Oc1cc(OCc2ccccc2)ccc1N. The van der Waals surface area contributed by atoms with E-state index in [-0.39, 0.29) is 17.7 Å². The average Bonchev–Trinajstić information content (AvgIpc) is 2.91. The molecular formula is C28H29N2O5P. The van der Waals surface area contributed by atoms with Gasteiger partial charge in [0.25, 0.3) is 0 Å². The van der Waals surface area contributed by atoms with Crippen LogP contribution in [0.5, 0.6) is 23.0 Å². The molecule has 7 nitrogen and oxygen atoms in total. The quantitative estimate of drug-likeness (QED) is 0.173. The van der Waals surface area contributed by atoms with Gasteiger partial charge in [-0.2, -0.15) is 0 Å². The van der Waals surface area contributed by atoms with Crippen molar-refractivity contribution >= 4 is 19.0 Å². The summed E-state index contributed by atoms with van der Waals surface area (Å²) < 4.78 is 36.9. The standard InChI is InChI=1S/C28H29N2O5P/c1-2-36(31,34-27-17-23(13-15-25(27)29)32-19-21-9-5-3-6-10-21)35-28-18-24(14-16-26(28)30)33-20-22-11-7-4-8-12-22/h3-18H,2,19-20,29-30H2,1H3. The van der Waals surface area contributed by atoms with E-state index in [1.54, 1.807) is 43.3 Å². The number of hydrogen-bond acceptors (Lipinski definition) is 7. The van der Waals surface area contributed by atoms with Crippen molar-refractivity contribution in [2.24, 2.45) is 0 Å². The predicted octanol–water partition coefficient (Wildman–Crippen LogP) is 6.68. The molecule has 0 saturated carbocycles. The fraction of sp³-hybridized carbons (Fsp3) is 0.143. The molecule has 4 aromatic rings. The Balaban J connectivity index is 1.46. The summed E-state index contributed by atoms with van der Waals surface area (Å²) in [6.45, 7) is 2.45. The zero-order chi connectivity index (χ0) is 25.4. The molecule has 0 aromatic heterocycles. The highest BCUT2D eigenvalue weighted by molar-refractivity contribution is 7.54. The molecule has 0 saturated heterocycles. The van der Waals surface area contributed by atoms with Crippen LogP contribution >= 0.6 is 7.60 Å². The smallest absolute Gasteiger partial charge is 0.430 e. The minimum atomic E-state index is -3.66. The molecule has 0 aliphatic heterocycles. The second kappa shape index (κ2) is 11.6. The van der Waals surface area contributed by atoms with Gasteiger partial charge in [-0.1, -0.05) is 67.6 Å². The van der Waals surface area contributed by atoms with Crippen LogP contribution in [0.15, 0.2) is 97.1 Å². The third-order valence-corrected chi connectivity index (χ3v) is 7.05. The normalized spacial score (nSPS) is 11.0. The van der Waals surface area contributed by atoms with E-state index >= 15 is 0 Å². The molecule has 0 bridgehead atoms. The maximum Gasteiger partial charge on any atom is 0.430 e. The van der Waals surface area contributed by atoms with Crippen molar-refractivity contribution in [2.75, 3.05) is 17.6 Å². The maximum absolute atomic E-state index is 13.6. The van der Waals surface area contributed by atoms with E-state index in [0.29, 0.717) is 36.1 Å². The lowest BCUT2D eigenvalue weighted by Crippen LogP contribution is -2.07. The molecule has 0 unspecified atom stereocenters. The molecule has 0 spiro atoms. The highest BCUT2D eigenvalue weighted by atomic mass is 31.2. The second-order valence-corrected chi connectivity index (χ2v) is 10.3. The number of hydrogen-bond donors (Lipinski definition) is 2. The van der Waals surface area contributed by atoms with Crippen LogP contribution in [0.25, 0.3) is 0 Å². The van der Waals surface area contributed by atoms with Gasteiger partial charge in [-0.25, -0.2) is 4.57 Å². The minimum Gasteiger partial charge on any atom is -0.489 e. The van der Waals surface area contributed by atoms with Gasteiger partial charge in [0.15, 0.2) is 11.5 Å². The van der Waals surface area contributed by atoms with Crippen molar-refractivity contribution in [1.82, 2.24) is 0 Å². The van der Waals surface area contributed by atoms with Crippen LogP contribution in [-0.4, -0.2) is 6.16 Å². The Kier molecular flexibility index (Phi) is 8.03. The van der Waals surface area contributed by atoms with E-state index in [4.69, 9.17) is 30.0 Å². The molecule has 8 heteroatoms. The molecule has 0 amide bonds. The summed E-state index contributed by atoms with van der Waals surface area (Å²) in [5.41, 5.74) is 14.9. The van der Waals surface area contributed by atoms with Crippen molar-refractivity contribution in [1.29, 1.82) is 0 Å². The number of benzene rings is 4. The number of rotatable bonds is 11. The third kappa shape index (κ3) is 6.74. The van der Waals surface area contributed by atoms with E-state index in [0.717, 1.165) is 11.1 Å². The summed E-state index contributed by atoms with van der Waals surface area (Å²) in [6, 6.07) is 29.5. The lowest BCUT2D eigenvalue weighted by molar-refractivity contribution is 0.304. The lowest BCUT2D eigenvalue weighted by Gasteiger charge is -2.21. The molecule has 4 aromatic carbocycles. The summed E-state index contributed by atoms with van der Waals surface area (Å²) in [5.74, 6) is 1.48. The summed E-state index contributed by atoms with van der Waals surface area (Å²) in [4.78, 5) is 0. The fourth-order valence-corrected chi connectivity index (χ4v) is 4.51. The molecule has 0 atom stereocenters. The molecular weight excluding hydrogens is 475 g/mol. The van der Waals surface area contributed by atoms with Gasteiger partial charge in [-0.3, -0.25) is 0 Å². The largest absolute Gasteiger partial charge is 0.489 e. The summed E-state index contributed by atoms with van der Waals surface area (Å²) >= 11 is 0. The Hall–Kier alpha value is -4.09.